The number of aromatic nitrogens is 1. The first-order chi connectivity index (χ1) is 10.4. The number of halogens is 1. The van der Waals surface area contributed by atoms with Crippen LogP contribution in [0.3, 0.4) is 0 Å². The number of hydrogen-bond acceptors (Lipinski definition) is 3. The van der Waals surface area contributed by atoms with E-state index in [4.69, 9.17) is 11.6 Å². The average Bonchev–Trinajstić information content (AvgIpc) is 2.45. The van der Waals surface area contributed by atoms with Gasteiger partial charge in [-0.15, -0.1) is 0 Å². The highest BCUT2D eigenvalue weighted by Crippen LogP contribution is 2.30. The minimum Gasteiger partial charge on any atom is -0.371 e. The Balaban J connectivity index is 1.79. The monoisotopic (exact) mass is 317 g/mol. The molecule has 2 heterocycles. The SMILES string of the molecule is CC(C)(C)NC1CCN(c2cc(Cl)nc3ccccc23)CC1. The van der Waals surface area contributed by atoms with E-state index in [9.17, 15) is 0 Å². The zero-order valence-electron chi connectivity index (χ0n) is 13.6. The summed E-state index contributed by atoms with van der Waals surface area (Å²) in [6, 6.07) is 10.8. The van der Waals surface area contributed by atoms with Gasteiger partial charge < -0.3 is 10.2 Å². The van der Waals surface area contributed by atoms with Crippen LogP contribution < -0.4 is 10.2 Å². The predicted molar refractivity (Wildman–Crippen MR) is 94.9 cm³/mol. The Kier molecular flexibility index (Phi) is 4.28. The molecule has 3 nitrogen and oxygen atoms in total. The molecule has 1 aromatic heterocycles. The maximum atomic E-state index is 6.21. The molecule has 0 bridgehead atoms. The molecule has 3 rings (SSSR count). The van der Waals surface area contributed by atoms with Crippen LogP contribution in [0.25, 0.3) is 10.9 Å². The first-order valence-corrected chi connectivity index (χ1v) is 8.38. The van der Waals surface area contributed by atoms with Gasteiger partial charge in [-0.25, -0.2) is 4.98 Å². The van der Waals surface area contributed by atoms with Gasteiger partial charge in [0.2, 0.25) is 0 Å². The van der Waals surface area contributed by atoms with E-state index in [2.05, 4.69) is 48.1 Å². The first-order valence-electron chi connectivity index (χ1n) is 8.00. The average molecular weight is 318 g/mol. The number of fused-ring (bicyclic) bond motifs is 1. The summed E-state index contributed by atoms with van der Waals surface area (Å²) in [7, 11) is 0. The molecule has 118 valence electrons. The molecule has 0 spiro atoms. The summed E-state index contributed by atoms with van der Waals surface area (Å²) in [6.45, 7) is 8.80. The summed E-state index contributed by atoms with van der Waals surface area (Å²) >= 11 is 6.21. The first kappa shape index (κ1) is 15.6. The standard InChI is InChI=1S/C18H24ClN3/c1-18(2,3)21-13-8-10-22(11-9-13)16-12-17(19)20-15-7-5-4-6-14(15)16/h4-7,12-13,21H,8-11H2,1-3H3. The second-order valence-electron chi connectivity index (χ2n) is 7.14. The Morgan fingerprint density at radius 3 is 2.55 bits per heavy atom. The normalized spacial score (nSPS) is 17.2. The van der Waals surface area contributed by atoms with Gasteiger partial charge in [-0.3, -0.25) is 0 Å². The molecule has 1 N–H and O–H groups in total. The second kappa shape index (κ2) is 6.05. The van der Waals surface area contributed by atoms with Crippen molar-refractivity contribution in [2.24, 2.45) is 0 Å². The van der Waals surface area contributed by atoms with Crippen molar-refractivity contribution >= 4 is 28.2 Å². The molecule has 1 aliphatic heterocycles. The van der Waals surface area contributed by atoms with E-state index in [0.717, 1.165) is 31.4 Å². The second-order valence-corrected chi connectivity index (χ2v) is 7.52. The number of anilines is 1. The molecule has 1 fully saturated rings. The Bertz CT molecular complexity index is 655. The van der Waals surface area contributed by atoms with Gasteiger partial charge >= 0.3 is 0 Å². The van der Waals surface area contributed by atoms with E-state index < -0.39 is 0 Å². The number of benzene rings is 1. The molecule has 0 unspecified atom stereocenters. The van der Waals surface area contributed by atoms with Crippen LogP contribution in [0.2, 0.25) is 5.15 Å². The third kappa shape index (κ3) is 3.53. The molecule has 1 saturated heterocycles. The highest BCUT2D eigenvalue weighted by atomic mass is 35.5. The van der Waals surface area contributed by atoms with Crippen LogP contribution in [0.15, 0.2) is 30.3 Å². The van der Waals surface area contributed by atoms with Crippen LogP contribution in [0.1, 0.15) is 33.6 Å². The quantitative estimate of drug-likeness (QED) is 0.839. The van der Waals surface area contributed by atoms with Gasteiger partial charge in [0.25, 0.3) is 0 Å². The van der Waals surface area contributed by atoms with Crippen molar-refractivity contribution in [1.82, 2.24) is 10.3 Å². The summed E-state index contributed by atoms with van der Waals surface area (Å²) in [5.74, 6) is 0. The van der Waals surface area contributed by atoms with Gasteiger partial charge in [-0.05, 0) is 45.7 Å². The molecule has 0 amide bonds. The third-order valence-electron chi connectivity index (χ3n) is 4.14. The summed E-state index contributed by atoms with van der Waals surface area (Å²) in [4.78, 5) is 6.86. The van der Waals surface area contributed by atoms with Crippen molar-refractivity contribution in [3.8, 4) is 0 Å². The Morgan fingerprint density at radius 2 is 1.86 bits per heavy atom. The van der Waals surface area contributed by atoms with Crippen molar-refractivity contribution in [2.45, 2.75) is 45.2 Å². The van der Waals surface area contributed by atoms with Crippen molar-refractivity contribution in [2.75, 3.05) is 18.0 Å². The Morgan fingerprint density at radius 1 is 1.18 bits per heavy atom. The lowest BCUT2D eigenvalue weighted by molar-refractivity contribution is 0.317. The molecule has 2 aromatic rings. The van der Waals surface area contributed by atoms with E-state index in [1.807, 2.05) is 18.2 Å². The summed E-state index contributed by atoms with van der Waals surface area (Å²) < 4.78 is 0. The number of rotatable bonds is 2. The fourth-order valence-electron chi connectivity index (χ4n) is 3.26. The molecule has 4 heteroatoms. The van der Waals surface area contributed by atoms with Crippen LogP contribution in [-0.4, -0.2) is 29.7 Å². The summed E-state index contributed by atoms with van der Waals surface area (Å²) in [5.41, 5.74) is 2.37. The van der Waals surface area contributed by atoms with E-state index in [-0.39, 0.29) is 5.54 Å². The molecule has 0 aliphatic carbocycles. The predicted octanol–water partition coefficient (Wildman–Crippen LogP) is 4.25. The number of nitrogens with one attached hydrogen (secondary N) is 1. The number of piperidine rings is 1. The lowest BCUT2D eigenvalue weighted by Crippen LogP contribution is -2.49. The van der Waals surface area contributed by atoms with Gasteiger partial charge in [0, 0.05) is 35.7 Å². The summed E-state index contributed by atoms with van der Waals surface area (Å²) in [6.07, 6.45) is 2.32. The molecule has 1 aromatic carbocycles. The van der Waals surface area contributed by atoms with Gasteiger partial charge in [0.05, 0.1) is 5.52 Å². The third-order valence-corrected chi connectivity index (χ3v) is 4.33. The lowest BCUT2D eigenvalue weighted by atomic mass is 9.99. The fraction of sp³-hybridized carbons (Fsp3) is 0.500. The topological polar surface area (TPSA) is 28.2 Å². The maximum absolute atomic E-state index is 6.21. The van der Waals surface area contributed by atoms with E-state index in [1.54, 1.807) is 0 Å². The molecule has 22 heavy (non-hydrogen) atoms. The van der Waals surface area contributed by atoms with Crippen molar-refractivity contribution in [1.29, 1.82) is 0 Å². The van der Waals surface area contributed by atoms with Crippen LogP contribution in [-0.2, 0) is 0 Å². The van der Waals surface area contributed by atoms with E-state index in [0.29, 0.717) is 11.2 Å². The zero-order chi connectivity index (χ0) is 15.7. The molecule has 1 aliphatic rings. The molecule has 0 radical (unpaired) electrons. The minimum absolute atomic E-state index is 0.180. The maximum Gasteiger partial charge on any atom is 0.131 e. The zero-order valence-corrected chi connectivity index (χ0v) is 14.3. The van der Waals surface area contributed by atoms with Crippen molar-refractivity contribution in [3.63, 3.8) is 0 Å². The van der Waals surface area contributed by atoms with Crippen LogP contribution in [0, 0.1) is 0 Å². The number of nitrogens with zero attached hydrogens (tertiary/aromatic N) is 2. The lowest BCUT2D eigenvalue weighted by Gasteiger charge is -2.37. The van der Waals surface area contributed by atoms with Crippen molar-refractivity contribution < 1.29 is 0 Å². The highest BCUT2D eigenvalue weighted by Gasteiger charge is 2.24. The Labute approximate surface area is 137 Å². The smallest absolute Gasteiger partial charge is 0.131 e. The van der Waals surface area contributed by atoms with Gasteiger partial charge in [-0.1, -0.05) is 29.8 Å². The molecule has 0 saturated carbocycles. The molecule has 0 atom stereocenters. The highest BCUT2D eigenvalue weighted by molar-refractivity contribution is 6.30. The fourth-order valence-corrected chi connectivity index (χ4v) is 3.46. The van der Waals surface area contributed by atoms with E-state index in [1.165, 1.54) is 11.1 Å². The molecular weight excluding hydrogens is 294 g/mol. The van der Waals surface area contributed by atoms with E-state index >= 15 is 0 Å². The van der Waals surface area contributed by atoms with Crippen LogP contribution in [0.4, 0.5) is 5.69 Å². The van der Waals surface area contributed by atoms with Crippen LogP contribution >= 0.6 is 11.6 Å². The van der Waals surface area contributed by atoms with Gasteiger partial charge in [-0.2, -0.15) is 0 Å². The largest absolute Gasteiger partial charge is 0.371 e. The Hall–Kier alpha value is -1.32. The van der Waals surface area contributed by atoms with Gasteiger partial charge in [0.15, 0.2) is 0 Å². The van der Waals surface area contributed by atoms with Gasteiger partial charge in [0.1, 0.15) is 5.15 Å². The summed E-state index contributed by atoms with van der Waals surface area (Å²) in [5, 5.41) is 5.48. The van der Waals surface area contributed by atoms with Crippen molar-refractivity contribution in [3.05, 3.63) is 35.5 Å². The molecular formula is C18H24ClN3. The van der Waals surface area contributed by atoms with Crippen LogP contribution in [0.5, 0.6) is 0 Å². The minimum atomic E-state index is 0.180. The number of para-hydroxylation sites is 1. The number of pyridine rings is 1. The number of hydrogen-bond donors (Lipinski definition) is 1.